The van der Waals surface area contributed by atoms with Crippen LogP contribution >= 0.6 is 11.3 Å². The first-order chi connectivity index (χ1) is 13.6. The molecule has 142 valence electrons. The first kappa shape index (κ1) is 17.4. The molecule has 3 heterocycles. The number of benzene rings is 1. The molecule has 0 unspecified atom stereocenters. The van der Waals surface area contributed by atoms with Crippen LogP contribution in [0.1, 0.15) is 60.6 Å². The molecule has 3 aromatic rings. The van der Waals surface area contributed by atoms with E-state index in [1.165, 1.54) is 10.4 Å². The minimum atomic E-state index is -0.216. The molecule has 1 N–H and O–H groups in total. The van der Waals surface area contributed by atoms with Crippen molar-refractivity contribution in [2.45, 2.75) is 44.6 Å². The van der Waals surface area contributed by atoms with Crippen LogP contribution in [0.2, 0.25) is 0 Å². The Morgan fingerprint density at radius 2 is 2.00 bits per heavy atom. The molecule has 1 aromatic carbocycles. The van der Waals surface area contributed by atoms with Gasteiger partial charge in [0.2, 0.25) is 5.95 Å². The average Bonchev–Trinajstić information content (AvgIpc) is 3.38. The van der Waals surface area contributed by atoms with Crippen LogP contribution in [0.3, 0.4) is 0 Å². The summed E-state index contributed by atoms with van der Waals surface area (Å²) in [4.78, 5) is 18.9. The van der Waals surface area contributed by atoms with Crippen LogP contribution in [0.4, 0.5) is 5.95 Å². The average molecular weight is 391 g/mol. The van der Waals surface area contributed by atoms with Gasteiger partial charge in [-0.2, -0.15) is 10.1 Å². The molecule has 0 saturated carbocycles. The van der Waals surface area contributed by atoms with Crippen molar-refractivity contribution in [1.29, 1.82) is 0 Å². The number of carbonyl (C=O) groups excluding carboxylic acids is 1. The van der Waals surface area contributed by atoms with E-state index in [0.717, 1.165) is 23.3 Å². The van der Waals surface area contributed by atoms with Gasteiger partial charge in [0.15, 0.2) is 5.78 Å². The summed E-state index contributed by atoms with van der Waals surface area (Å²) in [7, 11) is 0. The minimum Gasteiger partial charge on any atom is -0.328 e. The molecule has 0 spiro atoms. The summed E-state index contributed by atoms with van der Waals surface area (Å²) >= 11 is 1.72. The Hall–Kier alpha value is -2.73. The Morgan fingerprint density at radius 3 is 2.71 bits per heavy atom. The van der Waals surface area contributed by atoms with Crippen molar-refractivity contribution in [2.24, 2.45) is 0 Å². The number of thiophene rings is 1. The second-order valence-corrected chi connectivity index (χ2v) is 8.79. The molecule has 5 nitrogen and oxygen atoms in total. The summed E-state index contributed by atoms with van der Waals surface area (Å²) in [5.41, 5.74) is 4.20. The van der Waals surface area contributed by atoms with Gasteiger partial charge in [-0.05, 0) is 34.9 Å². The predicted octanol–water partition coefficient (Wildman–Crippen LogP) is 4.88. The quantitative estimate of drug-likeness (QED) is 0.692. The van der Waals surface area contributed by atoms with E-state index in [9.17, 15) is 4.79 Å². The molecular formula is C22H22N4OS. The Kier molecular flexibility index (Phi) is 4.16. The van der Waals surface area contributed by atoms with E-state index in [4.69, 9.17) is 0 Å². The fraction of sp³-hybridized carbons (Fsp3) is 0.318. The van der Waals surface area contributed by atoms with E-state index in [2.05, 4.69) is 71.0 Å². The van der Waals surface area contributed by atoms with Gasteiger partial charge in [-0.25, -0.2) is 4.68 Å². The maximum absolute atomic E-state index is 13.3. The van der Waals surface area contributed by atoms with E-state index in [1.54, 1.807) is 17.7 Å². The number of anilines is 1. The number of aromatic nitrogens is 3. The molecule has 0 amide bonds. The Labute approximate surface area is 168 Å². The zero-order valence-corrected chi connectivity index (χ0v) is 16.7. The van der Waals surface area contributed by atoms with Crippen molar-refractivity contribution >= 4 is 23.1 Å². The van der Waals surface area contributed by atoms with Crippen molar-refractivity contribution in [1.82, 2.24) is 14.8 Å². The topological polar surface area (TPSA) is 59.8 Å². The highest BCUT2D eigenvalue weighted by Gasteiger charge is 2.39. The van der Waals surface area contributed by atoms with Crippen LogP contribution < -0.4 is 5.32 Å². The molecule has 5 rings (SSSR count). The maximum atomic E-state index is 13.3. The fourth-order valence-corrected chi connectivity index (χ4v) is 5.08. The van der Waals surface area contributed by atoms with Crippen molar-refractivity contribution in [2.75, 3.05) is 5.32 Å². The van der Waals surface area contributed by atoms with Gasteiger partial charge in [-0.15, -0.1) is 11.3 Å². The van der Waals surface area contributed by atoms with Gasteiger partial charge in [0, 0.05) is 28.5 Å². The first-order valence-corrected chi connectivity index (χ1v) is 10.6. The standard InChI is InChI=1S/C22H22N4OS/c1-13(2)14-5-7-15(8-6-14)21-20-17(25-22-23-12-24-26(21)22)10-16(11-18(20)27)19-4-3-9-28-19/h3-9,12-13,16,21H,10-11H2,1-2H3,(H,23,24,25)/t16-,21+/m1/s1. The summed E-state index contributed by atoms with van der Waals surface area (Å²) in [5, 5.41) is 9.89. The molecule has 0 bridgehead atoms. The van der Waals surface area contributed by atoms with Gasteiger partial charge < -0.3 is 5.32 Å². The second-order valence-electron chi connectivity index (χ2n) is 7.81. The Bertz CT molecular complexity index is 1050. The zero-order valence-electron chi connectivity index (χ0n) is 15.9. The molecule has 6 heteroatoms. The predicted molar refractivity (Wildman–Crippen MR) is 111 cm³/mol. The van der Waals surface area contributed by atoms with Gasteiger partial charge in [-0.1, -0.05) is 44.2 Å². The Morgan fingerprint density at radius 1 is 1.18 bits per heavy atom. The number of rotatable bonds is 3. The van der Waals surface area contributed by atoms with Crippen LogP contribution in [0.25, 0.3) is 0 Å². The van der Waals surface area contributed by atoms with Crippen LogP contribution in [0.15, 0.2) is 59.4 Å². The molecule has 28 heavy (non-hydrogen) atoms. The van der Waals surface area contributed by atoms with E-state index < -0.39 is 0 Å². The van der Waals surface area contributed by atoms with Gasteiger partial charge in [0.1, 0.15) is 12.4 Å². The van der Waals surface area contributed by atoms with Gasteiger partial charge in [0.25, 0.3) is 0 Å². The molecular weight excluding hydrogens is 368 g/mol. The number of nitrogens with one attached hydrogen (secondary N) is 1. The fourth-order valence-electron chi connectivity index (χ4n) is 4.25. The summed E-state index contributed by atoms with van der Waals surface area (Å²) < 4.78 is 1.84. The molecule has 0 radical (unpaired) electrons. The number of Topliss-reactive ketones (excluding diaryl/α,β-unsaturated/α-hetero) is 1. The maximum Gasteiger partial charge on any atom is 0.226 e. The number of nitrogens with zero attached hydrogens (tertiary/aromatic N) is 3. The first-order valence-electron chi connectivity index (χ1n) is 9.68. The highest BCUT2D eigenvalue weighted by Crippen LogP contribution is 2.44. The van der Waals surface area contributed by atoms with E-state index in [-0.39, 0.29) is 17.7 Å². The van der Waals surface area contributed by atoms with Crippen LogP contribution in [0.5, 0.6) is 0 Å². The van der Waals surface area contributed by atoms with Crippen molar-refractivity contribution in [3.05, 3.63) is 75.4 Å². The molecule has 1 aliphatic carbocycles. The second kappa shape index (κ2) is 6.71. The summed E-state index contributed by atoms with van der Waals surface area (Å²) in [5.74, 6) is 1.61. The summed E-state index contributed by atoms with van der Waals surface area (Å²) in [6, 6.07) is 12.5. The lowest BCUT2D eigenvalue weighted by molar-refractivity contribution is -0.116. The van der Waals surface area contributed by atoms with Crippen LogP contribution in [-0.4, -0.2) is 20.5 Å². The van der Waals surface area contributed by atoms with E-state index in [0.29, 0.717) is 18.3 Å². The lowest BCUT2D eigenvalue weighted by Gasteiger charge is -2.34. The normalized spacial score (nSPS) is 21.5. The van der Waals surface area contributed by atoms with Gasteiger partial charge >= 0.3 is 0 Å². The monoisotopic (exact) mass is 390 g/mol. The lowest BCUT2D eigenvalue weighted by atomic mass is 9.80. The minimum absolute atomic E-state index is 0.200. The number of allylic oxidation sites excluding steroid dienone is 2. The highest BCUT2D eigenvalue weighted by molar-refractivity contribution is 7.10. The summed E-state index contributed by atoms with van der Waals surface area (Å²) in [6.45, 7) is 4.37. The molecule has 0 fully saturated rings. The third-order valence-electron chi connectivity index (χ3n) is 5.73. The molecule has 1 aliphatic heterocycles. The van der Waals surface area contributed by atoms with Crippen molar-refractivity contribution in [3.63, 3.8) is 0 Å². The molecule has 0 saturated heterocycles. The zero-order chi connectivity index (χ0) is 19.3. The van der Waals surface area contributed by atoms with Crippen molar-refractivity contribution in [3.8, 4) is 0 Å². The number of carbonyl (C=O) groups is 1. The van der Waals surface area contributed by atoms with Crippen molar-refractivity contribution < 1.29 is 4.79 Å². The third kappa shape index (κ3) is 2.79. The number of hydrogen-bond acceptors (Lipinski definition) is 5. The molecule has 2 aliphatic rings. The van der Waals surface area contributed by atoms with Gasteiger partial charge in [0.05, 0.1) is 0 Å². The van der Waals surface area contributed by atoms with E-state index >= 15 is 0 Å². The third-order valence-corrected chi connectivity index (χ3v) is 6.76. The molecule has 2 atom stereocenters. The molecule has 2 aromatic heterocycles. The van der Waals surface area contributed by atoms with Crippen LogP contribution in [-0.2, 0) is 4.79 Å². The van der Waals surface area contributed by atoms with E-state index in [1.807, 2.05) is 4.68 Å². The highest BCUT2D eigenvalue weighted by atomic mass is 32.1. The number of hydrogen-bond donors (Lipinski definition) is 1. The lowest BCUT2D eigenvalue weighted by Crippen LogP contribution is -2.33. The SMILES string of the molecule is CC(C)c1ccc([C@H]2C3=C(C[C@@H](c4cccs4)CC3=O)Nc3ncnn32)cc1. The number of ketones is 1. The largest absolute Gasteiger partial charge is 0.328 e. The Balaban J connectivity index is 1.58. The summed E-state index contributed by atoms with van der Waals surface area (Å²) in [6.07, 6.45) is 2.93. The smallest absolute Gasteiger partial charge is 0.226 e. The van der Waals surface area contributed by atoms with Gasteiger partial charge in [-0.3, -0.25) is 4.79 Å². The number of fused-ring (bicyclic) bond motifs is 1. The van der Waals surface area contributed by atoms with Crippen LogP contribution in [0, 0.1) is 0 Å².